The predicted molar refractivity (Wildman–Crippen MR) is 223 cm³/mol. The molecule has 0 unspecified atom stereocenters. The van der Waals surface area contributed by atoms with Crippen LogP contribution in [-0.2, 0) is 9.59 Å². The molecule has 0 atom stereocenters. The van der Waals surface area contributed by atoms with Gasteiger partial charge in [-0.1, -0.05) is 59.6 Å². The van der Waals surface area contributed by atoms with Crippen LogP contribution in [0.2, 0.25) is 10.0 Å². The van der Waals surface area contributed by atoms with Crippen LogP contribution >= 0.6 is 23.2 Å². The van der Waals surface area contributed by atoms with E-state index >= 15 is 0 Å². The highest BCUT2D eigenvalue weighted by molar-refractivity contribution is 6.30. The Hall–Kier alpha value is -7.30. The van der Waals surface area contributed by atoms with Crippen molar-refractivity contribution in [3.8, 4) is 57.0 Å². The largest absolute Gasteiger partial charge is 0.493 e. The van der Waals surface area contributed by atoms with E-state index in [1.807, 2.05) is 36.4 Å². The van der Waals surface area contributed by atoms with Gasteiger partial charge < -0.3 is 39.1 Å². The molecule has 7 aromatic rings. The molecule has 18 heteroatoms. The van der Waals surface area contributed by atoms with Crippen molar-refractivity contribution in [3.05, 3.63) is 131 Å². The Kier molecular flexibility index (Phi) is 16.5. The van der Waals surface area contributed by atoms with Crippen LogP contribution in [0.25, 0.3) is 22.5 Å². The van der Waals surface area contributed by atoms with Crippen LogP contribution in [0.15, 0.2) is 131 Å². The van der Waals surface area contributed by atoms with Gasteiger partial charge in [0.05, 0.1) is 28.4 Å². The lowest BCUT2D eigenvalue weighted by molar-refractivity contribution is -0.118. The van der Waals surface area contributed by atoms with Crippen molar-refractivity contribution in [1.29, 1.82) is 0 Å². The fraction of sp³-hybridized carbons (Fsp3) is 0.143. The number of hydrogen-bond acceptors (Lipinski definition) is 14. The lowest BCUT2D eigenvalue weighted by Gasteiger charge is -2.09. The van der Waals surface area contributed by atoms with Gasteiger partial charge in [0.15, 0.2) is 47.6 Å². The van der Waals surface area contributed by atoms with Crippen LogP contribution in [0.1, 0.15) is 0 Å². The first kappa shape index (κ1) is 43.8. The minimum Gasteiger partial charge on any atom is -0.493 e. The normalized spacial score (nSPS) is 10.1. The highest BCUT2D eigenvalue weighted by Gasteiger charge is 2.19. The number of rotatable bonds is 14. The Bertz CT molecular complexity index is 2230. The van der Waals surface area contributed by atoms with Crippen LogP contribution in [0.4, 0.5) is 11.6 Å². The summed E-state index contributed by atoms with van der Waals surface area (Å²) >= 11 is 11.6. The molecule has 0 fully saturated rings. The van der Waals surface area contributed by atoms with E-state index in [0.29, 0.717) is 67.1 Å². The van der Waals surface area contributed by atoms with E-state index < -0.39 is 11.8 Å². The lowest BCUT2D eigenvalue weighted by Crippen LogP contribution is -2.20. The van der Waals surface area contributed by atoms with Crippen molar-refractivity contribution in [2.75, 3.05) is 52.3 Å². The zero-order valence-electron chi connectivity index (χ0n) is 32.6. The zero-order chi connectivity index (χ0) is 42.7. The number of methoxy groups -OCH3 is 4. The standard InChI is InChI=1S/2C18H16ClN3O5.C6H6/c2*1-24-14-8-3-11(9-15(14)25-2)17-18(22-27-21-17)20-16(23)10-26-13-6-4-12(19)5-7-13;1-2-4-6-5-3-1/h2*3-9H,10H2,1-2H3,(H,20,22,23);1-6H. The summed E-state index contributed by atoms with van der Waals surface area (Å²) in [5.74, 6) is 2.73. The molecule has 0 spiro atoms. The molecule has 0 saturated carbocycles. The highest BCUT2D eigenvalue weighted by atomic mass is 35.5. The number of amides is 2. The molecule has 0 radical (unpaired) electrons. The number of hydrogen-bond donors (Lipinski definition) is 2. The van der Waals surface area contributed by atoms with E-state index in [2.05, 4.69) is 31.3 Å². The van der Waals surface area contributed by atoms with Crippen molar-refractivity contribution in [2.24, 2.45) is 0 Å². The first-order chi connectivity index (χ1) is 29.2. The summed E-state index contributed by atoms with van der Waals surface area (Å²) in [6.45, 7) is -0.417. The van der Waals surface area contributed by atoms with Crippen LogP contribution in [0, 0.1) is 0 Å². The summed E-state index contributed by atoms with van der Waals surface area (Å²) < 4.78 is 41.3. The molecule has 0 bridgehead atoms. The van der Waals surface area contributed by atoms with Crippen LogP contribution < -0.4 is 39.1 Å². The van der Waals surface area contributed by atoms with Gasteiger partial charge in [-0.15, -0.1) is 0 Å². The molecule has 60 heavy (non-hydrogen) atoms. The number of nitrogens with one attached hydrogen (secondary N) is 2. The number of nitrogens with zero attached hydrogens (tertiary/aromatic N) is 4. The summed E-state index contributed by atoms with van der Waals surface area (Å²) in [5.41, 5.74) is 2.00. The van der Waals surface area contributed by atoms with E-state index in [4.69, 9.17) is 60.9 Å². The minimum absolute atomic E-state index is 0.173. The number of benzene rings is 5. The molecule has 2 N–H and O–H groups in total. The van der Waals surface area contributed by atoms with Gasteiger partial charge in [0, 0.05) is 21.2 Å². The topological polar surface area (TPSA) is 191 Å². The molecule has 0 aliphatic carbocycles. The van der Waals surface area contributed by atoms with E-state index in [1.54, 1.807) is 99.1 Å². The predicted octanol–water partition coefficient (Wildman–Crippen LogP) is 8.54. The van der Waals surface area contributed by atoms with Crippen LogP contribution in [-0.4, -0.2) is 74.1 Å². The van der Waals surface area contributed by atoms with Gasteiger partial charge in [-0.2, -0.15) is 0 Å². The monoisotopic (exact) mass is 856 g/mol. The van der Waals surface area contributed by atoms with Gasteiger partial charge in [-0.05, 0) is 106 Å². The molecule has 2 heterocycles. The maximum absolute atomic E-state index is 12.1. The van der Waals surface area contributed by atoms with Crippen molar-refractivity contribution in [3.63, 3.8) is 0 Å². The molecular weight excluding hydrogens is 819 g/mol. The van der Waals surface area contributed by atoms with Gasteiger partial charge in [0.2, 0.25) is 11.6 Å². The van der Waals surface area contributed by atoms with Gasteiger partial charge in [-0.3, -0.25) is 9.59 Å². The first-order valence-electron chi connectivity index (χ1n) is 17.7. The Morgan fingerprint density at radius 3 is 1.18 bits per heavy atom. The Morgan fingerprint density at radius 2 is 0.850 bits per heavy atom. The van der Waals surface area contributed by atoms with Crippen LogP contribution in [0.3, 0.4) is 0 Å². The number of carbonyl (C=O) groups excluding carboxylic acids is 2. The van der Waals surface area contributed by atoms with Crippen molar-refractivity contribution >= 4 is 46.7 Å². The summed E-state index contributed by atoms with van der Waals surface area (Å²) in [5, 5.41) is 21.5. The van der Waals surface area contributed by atoms with E-state index in [9.17, 15) is 9.59 Å². The average Bonchev–Trinajstić information content (AvgIpc) is 3.96. The third kappa shape index (κ3) is 12.9. The van der Waals surface area contributed by atoms with Gasteiger partial charge >= 0.3 is 0 Å². The number of halogens is 2. The maximum Gasteiger partial charge on any atom is 0.263 e. The molecule has 310 valence electrons. The van der Waals surface area contributed by atoms with E-state index in [1.165, 1.54) is 14.2 Å². The molecule has 7 rings (SSSR count). The van der Waals surface area contributed by atoms with Crippen molar-refractivity contribution < 1.29 is 47.3 Å². The van der Waals surface area contributed by atoms with E-state index in [0.717, 1.165) is 0 Å². The molecule has 0 aliphatic rings. The third-order valence-electron chi connectivity index (χ3n) is 7.84. The molecule has 2 aromatic heterocycles. The highest BCUT2D eigenvalue weighted by Crippen LogP contribution is 2.35. The number of aromatic nitrogens is 4. The van der Waals surface area contributed by atoms with E-state index in [-0.39, 0.29) is 24.8 Å². The smallest absolute Gasteiger partial charge is 0.263 e. The summed E-state index contributed by atoms with van der Waals surface area (Å²) in [6.07, 6.45) is 0. The molecule has 2 amide bonds. The second-order valence-electron chi connectivity index (χ2n) is 11.8. The molecule has 16 nitrogen and oxygen atoms in total. The van der Waals surface area contributed by atoms with Gasteiger partial charge in [0.1, 0.15) is 11.5 Å². The van der Waals surface area contributed by atoms with Gasteiger partial charge in [-0.25, -0.2) is 9.26 Å². The molecule has 5 aromatic carbocycles. The van der Waals surface area contributed by atoms with Gasteiger partial charge in [0.25, 0.3) is 11.8 Å². The summed E-state index contributed by atoms with van der Waals surface area (Å²) in [4.78, 5) is 24.3. The molecule has 0 saturated heterocycles. The van der Waals surface area contributed by atoms with Crippen molar-refractivity contribution in [1.82, 2.24) is 20.6 Å². The second-order valence-corrected chi connectivity index (χ2v) is 12.7. The zero-order valence-corrected chi connectivity index (χ0v) is 34.1. The summed E-state index contributed by atoms with van der Waals surface area (Å²) in [6, 6.07) is 35.7. The molecular formula is C42H38Cl2N6O10. The first-order valence-corrected chi connectivity index (χ1v) is 18.4. The molecule has 0 aliphatic heterocycles. The van der Waals surface area contributed by atoms with Crippen molar-refractivity contribution in [2.45, 2.75) is 0 Å². The quantitative estimate of drug-likeness (QED) is 0.106. The number of anilines is 2. The fourth-order valence-electron chi connectivity index (χ4n) is 4.97. The third-order valence-corrected chi connectivity index (χ3v) is 8.34. The average molecular weight is 858 g/mol. The second kappa shape index (κ2) is 22.6. The number of carbonyl (C=O) groups is 2. The maximum atomic E-state index is 12.1. The minimum atomic E-state index is -0.414. The Balaban J connectivity index is 0.000000199. The Labute approximate surface area is 354 Å². The summed E-state index contributed by atoms with van der Waals surface area (Å²) in [7, 11) is 6.14. The number of ether oxygens (including phenoxy) is 6. The SMILES string of the molecule is COc1ccc(-c2nonc2NC(=O)COc2ccc(Cl)cc2)cc1OC.COc1ccc(-c2nonc2NC(=O)COc2ccc(Cl)cc2)cc1OC.c1ccccc1. The fourth-order valence-corrected chi connectivity index (χ4v) is 5.22. The Morgan fingerprint density at radius 1 is 0.500 bits per heavy atom. The lowest BCUT2D eigenvalue weighted by atomic mass is 10.1. The van der Waals surface area contributed by atoms with Crippen LogP contribution in [0.5, 0.6) is 34.5 Å².